The van der Waals surface area contributed by atoms with Gasteiger partial charge < -0.3 is 26.1 Å². The van der Waals surface area contributed by atoms with Gasteiger partial charge in [-0.05, 0) is 54.5 Å². The molecule has 2 aromatic carbocycles. The van der Waals surface area contributed by atoms with Crippen LogP contribution in [0.25, 0.3) is 10.8 Å². The average molecular weight is 559 g/mol. The van der Waals surface area contributed by atoms with Crippen LogP contribution in [-0.2, 0) is 24.4 Å². The summed E-state index contributed by atoms with van der Waals surface area (Å²) in [5, 5.41) is 17.2. The van der Waals surface area contributed by atoms with E-state index in [1.54, 1.807) is 24.5 Å². The largest absolute Gasteiger partial charge is 0.480 e. The Morgan fingerprint density at radius 2 is 1.90 bits per heavy atom. The summed E-state index contributed by atoms with van der Waals surface area (Å²) in [5.41, 5.74) is 0. The van der Waals surface area contributed by atoms with E-state index >= 15 is 0 Å². The van der Waals surface area contributed by atoms with Crippen LogP contribution in [0, 0.1) is 5.92 Å². The number of hydrazone groups is 1. The van der Waals surface area contributed by atoms with Gasteiger partial charge >= 0.3 is 5.97 Å². The van der Waals surface area contributed by atoms with E-state index in [1.165, 1.54) is 12.1 Å². The Morgan fingerprint density at radius 3 is 2.59 bits per heavy atom. The molecule has 1 aliphatic heterocycles. The van der Waals surface area contributed by atoms with Crippen molar-refractivity contribution in [2.24, 2.45) is 16.9 Å². The molecule has 1 aliphatic carbocycles. The maximum absolute atomic E-state index is 13.5. The maximum Gasteiger partial charge on any atom is 0.323 e. The van der Waals surface area contributed by atoms with Gasteiger partial charge in [-0.15, -0.1) is 0 Å². The van der Waals surface area contributed by atoms with Gasteiger partial charge in [-0.3, -0.25) is 14.4 Å². The number of piperidine rings is 1. The lowest BCUT2D eigenvalue weighted by molar-refractivity contribution is -0.146. The Labute approximate surface area is 227 Å². The highest BCUT2D eigenvalue weighted by atomic mass is 32.2. The van der Waals surface area contributed by atoms with Crippen LogP contribution in [-0.4, -0.2) is 85.7 Å². The van der Waals surface area contributed by atoms with Gasteiger partial charge in [0.1, 0.15) is 18.9 Å². The number of benzene rings is 2. The number of aliphatic carboxylic acids is 1. The van der Waals surface area contributed by atoms with Gasteiger partial charge in [-0.1, -0.05) is 30.3 Å². The fourth-order valence-corrected chi connectivity index (χ4v) is 6.09. The highest BCUT2D eigenvalue weighted by Crippen LogP contribution is 2.28. The molecule has 39 heavy (non-hydrogen) atoms. The van der Waals surface area contributed by atoms with Crippen LogP contribution in [0.2, 0.25) is 0 Å². The van der Waals surface area contributed by atoms with Gasteiger partial charge in [0, 0.05) is 25.7 Å². The fraction of sp³-hybridized carbons (Fsp3) is 0.462. The van der Waals surface area contributed by atoms with Crippen molar-refractivity contribution in [1.29, 1.82) is 0 Å². The molecule has 2 amide bonds. The second-order valence-electron chi connectivity index (χ2n) is 10.0. The van der Waals surface area contributed by atoms with Gasteiger partial charge in [-0.25, -0.2) is 8.42 Å². The zero-order valence-electron chi connectivity index (χ0n) is 21.5. The lowest BCUT2D eigenvalue weighted by atomic mass is 9.98. The van der Waals surface area contributed by atoms with E-state index in [4.69, 9.17) is 5.84 Å². The number of sulfonamides is 1. The number of rotatable bonds is 12. The lowest BCUT2D eigenvalue weighted by Crippen LogP contribution is -2.52. The number of carboxylic acids is 1. The standard InChI is InChI=1S/C26H34N6O6S/c27-29-17-31-11-3-4-18(15-31)14-28-24(33)13-23(26(36)32(16-25(34)35)21-8-9-21)30-39(37,38)22-10-7-19-5-1-2-6-20(19)12-22/h1-2,5-7,10,12,17-18,21,23,30H,3-4,8-9,11,13-16,27H2,(H,28,33)(H,34,35)/t18-,23-/m1/s1. The monoisotopic (exact) mass is 558 g/mol. The molecule has 0 spiro atoms. The van der Waals surface area contributed by atoms with E-state index < -0.39 is 46.8 Å². The first-order valence-electron chi connectivity index (χ1n) is 12.9. The number of likely N-dealkylation sites (tertiary alicyclic amines) is 1. The first kappa shape index (κ1) is 28.3. The molecule has 0 radical (unpaired) electrons. The average Bonchev–Trinajstić information content (AvgIpc) is 3.75. The van der Waals surface area contributed by atoms with Crippen LogP contribution < -0.4 is 15.9 Å². The first-order chi connectivity index (χ1) is 18.7. The summed E-state index contributed by atoms with van der Waals surface area (Å²) in [6.45, 7) is 1.25. The van der Waals surface area contributed by atoms with Crippen LogP contribution >= 0.6 is 0 Å². The van der Waals surface area contributed by atoms with Gasteiger partial charge in [0.15, 0.2) is 0 Å². The molecular weight excluding hydrogens is 524 g/mol. The number of carboxylic acid groups (broad SMARTS) is 1. The van der Waals surface area contributed by atoms with E-state index in [0.29, 0.717) is 31.3 Å². The molecule has 210 valence electrons. The molecule has 12 nitrogen and oxygen atoms in total. The minimum absolute atomic E-state index is 0.0560. The Bertz CT molecular complexity index is 1350. The number of hydrogen-bond donors (Lipinski definition) is 4. The molecule has 4 rings (SSSR count). The van der Waals surface area contributed by atoms with Gasteiger partial charge in [0.25, 0.3) is 0 Å². The first-order valence-corrected chi connectivity index (χ1v) is 14.4. The van der Waals surface area contributed by atoms with E-state index in [0.717, 1.165) is 29.7 Å². The number of nitrogens with zero attached hydrogens (tertiary/aromatic N) is 3. The molecule has 2 aromatic rings. The van der Waals surface area contributed by atoms with Crippen molar-refractivity contribution in [2.75, 3.05) is 26.2 Å². The summed E-state index contributed by atoms with van der Waals surface area (Å²) >= 11 is 0. The molecule has 1 saturated heterocycles. The number of amides is 2. The minimum Gasteiger partial charge on any atom is -0.480 e. The minimum atomic E-state index is -4.22. The number of nitrogens with one attached hydrogen (secondary N) is 2. The van der Waals surface area contributed by atoms with Crippen LogP contribution in [0.5, 0.6) is 0 Å². The van der Waals surface area contributed by atoms with Crippen LogP contribution in [0.3, 0.4) is 0 Å². The van der Waals surface area contributed by atoms with Gasteiger partial charge in [0.05, 0.1) is 11.3 Å². The molecule has 2 atom stereocenters. The highest BCUT2D eigenvalue weighted by Gasteiger charge is 2.39. The van der Waals surface area contributed by atoms with Crippen LogP contribution in [0.15, 0.2) is 52.5 Å². The Balaban J connectivity index is 1.50. The molecule has 2 aliphatic rings. The third-order valence-corrected chi connectivity index (χ3v) is 8.43. The Kier molecular flexibility index (Phi) is 9.02. The highest BCUT2D eigenvalue weighted by molar-refractivity contribution is 7.89. The predicted octanol–water partition coefficient (Wildman–Crippen LogP) is 0.683. The summed E-state index contributed by atoms with van der Waals surface area (Å²) in [6, 6.07) is 10.1. The van der Waals surface area contributed by atoms with Crippen molar-refractivity contribution in [1.82, 2.24) is 19.8 Å². The molecule has 2 fully saturated rings. The van der Waals surface area contributed by atoms with E-state index in [1.807, 2.05) is 17.0 Å². The third-order valence-electron chi connectivity index (χ3n) is 6.96. The molecule has 0 unspecified atom stereocenters. The van der Waals surface area contributed by atoms with E-state index in [2.05, 4.69) is 15.1 Å². The summed E-state index contributed by atoms with van der Waals surface area (Å²) in [7, 11) is -4.22. The van der Waals surface area contributed by atoms with Crippen molar-refractivity contribution in [3.63, 3.8) is 0 Å². The fourth-order valence-electron chi connectivity index (χ4n) is 4.87. The van der Waals surface area contributed by atoms with Gasteiger partial charge in [-0.2, -0.15) is 9.82 Å². The summed E-state index contributed by atoms with van der Waals surface area (Å²) in [6.07, 6.45) is 4.14. The number of nitrogens with two attached hydrogens (primary N) is 1. The van der Waals surface area contributed by atoms with E-state index in [-0.39, 0.29) is 16.9 Å². The summed E-state index contributed by atoms with van der Waals surface area (Å²) in [4.78, 5) is 40.9. The molecule has 13 heteroatoms. The molecular formula is C26H34N6O6S. The number of fused-ring (bicyclic) bond motifs is 1. The summed E-state index contributed by atoms with van der Waals surface area (Å²) < 4.78 is 29.1. The molecule has 0 aromatic heterocycles. The normalized spacial score (nSPS) is 18.7. The Hall–Kier alpha value is -3.71. The molecule has 0 bridgehead atoms. The molecule has 1 saturated carbocycles. The zero-order valence-corrected chi connectivity index (χ0v) is 22.3. The second kappa shape index (κ2) is 12.4. The molecule has 1 heterocycles. The second-order valence-corrected chi connectivity index (χ2v) is 11.8. The van der Waals surface area contributed by atoms with Crippen LogP contribution in [0.1, 0.15) is 32.1 Å². The SMILES string of the molecule is NN=CN1CCC[C@H](CNC(=O)C[C@@H](NS(=O)(=O)c2ccc3ccccc3c2)C(=O)N(CC(=O)O)C2CC2)C1. The lowest BCUT2D eigenvalue weighted by Gasteiger charge is -2.31. The van der Waals surface area contributed by atoms with Crippen molar-refractivity contribution in [3.05, 3.63) is 42.5 Å². The third kappa shape index (κ3) is 7.67. The van der Waals surface area contributed by atoms with Crippen molar-refractivity contribution < 1.29 is 27.9 Å². The maximum atomic E-state index is 13.5. The number of carbonyl (C=O) groups is 3. The predicted molar refractivity (Wildman–Crippen MR) is 145 cm³/mol. The quantitative estimate of drug-likeness (QED) is 0.127. The van der Waals surface area contributed by atoms with Crippen molar-refractivity contribution in [2.45, 2.75) is 49.1 Å². The zero-order chi connectivity index (χ0) is 28.0. The summed E-state index contributed by atoms with van der Waals surface area (Å²) in [5.74, 6) is 2.92. The van der Waals surface area contributed by atoms with Crippen molar-refractivity contribution in [3.8, 4) is 0 Å². The van der Waals surface area contributed by atoms with E-state index in [9.17, 15) is 27.9 Å². The molecule has 5 N–H and O–H groups in total. The van der Waals surface area contributed by atoms with Crippen molar-refractivity contribution >= 4 is 44.9 Å². The van der Waals surface area contributed by atoms with Crippen LogP contribution in [0.4, 0.5) is 0 Å². The number of carbonyl (C=O) groups excluding carboxylic acids is 2. The topological polar surface area (TPSA) is 174 Å². The smallest absolute Gasteiger partial charge is 0.323 e. The Morgan fingerprint density at radius 1 is 1.15 bits per heavy atom. The number of hydrogen-bond acceptors (Lipinski definition) is 7. The van der Waals surface area contributed by atoms with Gasteiger partial charge in [0.2, 0.25) is 21.8 Å².